The molecule has 1 saturated carbocycles. The zero-order valence-electron chi connectivity index (χ0n) is 19.9. The largest absolute Gasteiger partial charge is 0.481 e. The van der Waals surface area contributed by atoms with Crippen LogP contribution < -0.4 is 10.2 Å². The number of carboxylic acid groups (broad SMARTS) is 1. The third kappa shape index (κ3) is 5.67. The minimum absolute atomic E-state index is 0.0889. The molecule has 0 saturated heterocycles. The van der Waals surface area contributed by atoms with Crippen molar-refractivity contribution in [3.63, 3.8) is 0 Å². The molecule has 0 aliphatic heterocycles. The van der Waals surface area contributed by atoms with E-state index >= 15 is 0 Å². The Hall–Kier alpha value is -3.02. The maximum atomic E-state index is 11.3. The first-order valence-electron chi connectivity index (χ1n) is 12.2. The molecule has 2 N–H and O–H groups in total. The lowest BCUT2D eigenvalue weighted by Gasteiger charge is -2.38. The van der Waals surface area contributed by atoms with E-state index in [4.69, 9.17) is 4.42 Å². The van der Waals surface area contributed by atoms with E-state index in [1.807, 2.05) is 31.2 Å². The Bertz CT molecular complexity index is 1050. The lowest BCUT2D eigenvalue weighted by atomic mass is 9.92. The smallest absolute Gasteiger partial charge is 0.303 e. The summed E-state index contributed by atoms with van der Waals surface area (Å²) < 4.78 is 5.96. The number of hydrogen-bond acceptors (Lipinski definition) is 5. The van der Waals surface area contributed by atoms with Gasteiger partial charge in [0.15, 0.2) is 5.58 Å². The average molecular weight is 450 g/mol. The minimum atomic E-state index is -0.788. The summed E-state index contributed by atoms with van der Waals surface area (Å²) in [6.07, 6.45) is 6.34. The second-order valence-electron chi connectivity index (χ2n) is 9.73. The highest BCUT2D eigenvalue weighted by molar-refractivity contribution is 5.79. The number of hydrogen-bond donors (Lipinski definition) is 2. The van der Waals surface area contributed by atoms with Gasteiger partial charge in [0.1, 0.15) is 5.52 Å². The summed E-state index contributed by atoms with van der Waals surface area (Å²) >= 11 is 0. The molecule has 0 amide bonds. The molecule has 1 aromatic heterocycles. The Kier molecular flexibility index (Phi) is 7.21. The van der Waals surface area contributed by atoms with Crippen molar-refractivity contribution in [3.05, 3.63) is 48.0 Å². The van der Waals surface area contributed by atoms with Gasteiger partial charge in [0.05, 0.1) is 17.8 Å². The van der Waals surface area contributed by atoms with E-state index < -0.39 is 5.97 Å². The lowest BCUT2D eigenvalue weighted by molar-refractivity contribution is -0.137. The van der Waals surface area contributed by atoms with Gasteiger partial charge in [-0.3, -0.25) is 4.79 Å². The first-order chi connectivity index (χ1) is 15.9. The highest BCUT2D eigenvalue weighted by Gasteiger charge is 2.25. The van der Waals surface area contributed by atoms with E-state index in [1.165, 1.54) is 32.1 Å². The van der Waals surface area contributed by atoms with Gasteiger partial charge in [-0.15, -0.1) is 0 Å². The maximum Gasteiger partial charge on any atom is 0.303 e. The molecule has 6 heteroatoms. The molecule has 1 heterocycles. The van der Waals surface area contributed by atoms with Crippen molar-refractivity contribution in [2.24, 2.45) is 5.92 Å². The molecule has 2 aromatic carbocycles. The molecule has 33 heavy (non-hydrogen) atoms. The first kappa shape index (κ1) is 23.1. The summed E-state index contributed by atoms with van der Waals surface area (Å²) in [6, 6.07) is 15.0. The van der Waals surface area contributed by atoms with E-state index in [0.29, 0.717) is 18.0 Å². The highest BCUT2D eigenvalue weighted by Crippen LogP contribution is 2.37. The van der Waals surface area contributed by atoms with E-state index in [9.17, 15) is 9.90 Å². The van der Waals surface area contributed by atoms with Gasteiger partial charge in [-0.1, -0.05) is 58.2 Å². The van der Waals surface area contributed by atoms with Gasteiger partial charge in [0.2, 0.25) is 0 Å². The van der Waals surface area contributed by atoms with Crippen LogP contribution in [0.25, 0.3) is 11.1 Å². The molecular weight excluding hydrogens is 414 g/mol. The zero-order chi connectivity index (χ0) is 23.4. The average Bonchev–Trinajstić information content (AvgIpc) is 3.20. The van der Waals surface area contributed by atoms with Gasteiger partial charge in [0, 0.05) is 12.6 Å². The van der Waals surface area contributed by atoms with Crippen molar-refractivity contribution in [1.29, 1.82) is 0 Å². The quantitative estimate of drug-likeness (QED) is 0.368. The van der Waals surface area contributed by atoms with E-state index in [-0.39, 0.29) is 12.3 Å². The monoisotopic (exact) mass is 449 g/mol. The van der Waals surface area contributed by atoms with E-state index in [1.54, 1.807) is 0 Å². The van der Waals surface area contributed by atoms with Crippen molar-refractivity contribution in [1.82, 2.24) is 4.98 Å². The van der Waals surface area contributed by atoms with Crippen LogP contribution in [0.2, 0.25) is 0 Å². The Morgan fingerprint density at radius 3 is 2.61 bits per heavy atom. The number of aliphatic carboxylic acids is 1. The molecule has 176 valence electrons. The Balaban J connectivity index is 1.73. The fourth-order valence-electron chi connectivity index (χ4n) is 4.86. The first-order valence-corrected chi connectivity index (χ1v) is 12.2. The molecule has 0 spiro atoms. The second-order valence-corrected chi connectivity index (χ2v) is 9.73. The number of nitrogens with zero attached hydrogens (tertiary/aromatic N) is 2. The molecule has 3 aromatic rings. The van der Waals surface area contributed by atoms with Gasteiger partial charge in [0.25, 0.3) is 6.01 Å². The molecule has 0 bridgehead atoms. The van der Waals surface area contributed by atoms with E-state index in [2.05, 4.69) is 47.2 Å². The minimum Gasteiger partial charge on any atom is -0.481 e. The van der Waals surface area contributed by atoms with Crippen molar-refractivity contribution in [2.45, 2.75) is 71.3 Å². The number of para-hydroxylation sites is 2. The van der Waals surface area contributed by atoms with Crippen molar-refractivity contribution in [3.8, 4) is 0 Å². The van der Waals surface area contributed by atoms with Gasteiger partial charge < -0.3 is 19.7 Å². The highest BCUT2D eigenvalue weighted by atomic mass is 16.4. The van der Waals surface area contributed by atoms with Crippen molar-refractivity contribution in [2.75, 3.05) is 16.8 Å². The number of oxazole rings is 1. The summed E-state index contributed by atoms with van der Waals surface area (Å²) in [5.41, 5.74) is 4.59. The van der Waals surface area contributed by atoms with Crippen LogP contribution in [0, 0.1) is 5.92 Å². The Morgan fingerprint density at radius 1 is 1.15 bits per heavy atom. The number of aromatic nitrogens is 1. The summed E-state index contributed by atoms with van der Waals surface area (Å²) in [5, 5.41) is 12.7. The second kappa shape index (κ2) is 10.3. The Labute approximate surface area is 196 Å². The molecule has 1 unspecified atom stereocenters. The summed E-state index contributed by atoms with van der Waals surface area (Å²) in [7, 11) is 0. The molecule has 4 rings (SSSR count). The molecule has 6 nitrogen and oxygen atoms in total. The van der Waals surface area contributed by atoms with Gasteiger partial charge >= 0.3 is 5.97 Å². The van der Waals surface area contributed by atoms with Crippen LogP contribution in [0.1, 0.15) is 70.8 Å². The fourth-order valence-corrected chi connectivity index (χ4v) is 4.86. The van der Waals surface area contributed by atoms with Crippen LogP contribution in [0.3, 0.4) is 0 Å². The van der Waals surface area contributed by atoms with Crippen LogP contribution in [-0.4, -0.2) is 28.6 Å². The number of anilines is 3. The van der Waals surface area contributed by atoms with Gasteiger partial charge in [-0.05, 0) is 54.5 Å². The van der Waals surface area contributed by atoms with Gasteiger partial charge in [-0.25, -0.2) is 0 Å². The number of carboxylic acids is 1. The van der Waals surface area contributed by atoms with Crippen LogP contribution in [-0.2, 0) is 4.79 Å². The number of fused-ring (bicyclic) bond motifs is 1. The third-order valence-corrected chi connectivity index (χ3v) is 6.49. The number of nitrogens with one attached hydrogen (secondary N) is 1. The normalized spacial score (nSPS) is 15.6. The van der Waals surface area contributed by atoms with Crippen molar-refractivity contribution < 1.29 is 14.3 Å². The Morgan fingerprint density at radius 2 is 1.91 bits per heavy atom. The van der Waals surface area contributed by atoms with Gasteiger partial charge in [-0.2, -0.15) is 4.98 Å². The molecular formula is C27H35N3O3. The summed E-state index contributed by atoms with van der Waals surface area (Å²) in [6.45, 7) is 7.44. The van der Waals surface area contributed by atoms with Crippen LogP contribution in [0.5, 0.6) is 0 Å². The summed E-state index contributed by atoms with van der Waals surface area (Å²) in [4.78, 5) is 18.5. The topological polar surface area (TPSA) is 78.6 Å². The molecule has 0 radical (unpaired) electrons. The van der Waals surface area contributed by atoms with E-state index in [0.717, 1.165) is 34.6 Å². The fraction of sp³-hybridized carbons (Fsp3) is 0.481. The number of carbonyl (C=O) groups is 1. The standard InChI is InChI=1S/C27H35N3O3/c1-18(2)17-30(21-9-5-4-6-10-21)24-14-13-20(19(3)15-26(31)32)16-23(24)29-27-28-22-11-7-8-12-25(22)33-27/h7-8,11-14,16,18-19,21H,4-6,9-10,15,17H2,1-3H3,(H,28,29)(H,31,32). The van der Waals surface area contributed by atoms with Crippen molar-refractivity contribution >= 4 is 34.5 Å². The predicted molar refractivity (Wildman–Crippen MR) is 133 cm³/mol. The predicted octanol–water partition coefficient (Wildman–Crippen LogP) is 6.94. The number of rotatable bonds is 9. The van der Waals surface area contributed by atoms with Crippen LogP contribution in [0.15, 0.2) is 46.9 Å². The maximum absolute atomic E-state index is 11.3. The molecule has 1 aliphatic rings. The summed E-state index contributed by atoms with van der Waals surface area (Å²) in [5.74, 6) is -0.354. The molecule has 1 atom stereocenters. The lowest BCUT2D eigenvalue weighted by Crippen LogP contribution is -2.39. The molecule has 1 fully saturated rings. The van der Waals surface area contributed by atoms with Crippen LogP contribution in [0.4, 0.5) is 17.4 Å². The zero-order valence-corrected chi connectivity index (χ0v) is 19.9. The van der Waals surface area contributed by atoms with Crippen LogP contribution >= 0.6 is 0 Å². The molecule has 1 aliphatic carbocycles. The SMILES string of the molecule is CC(C)CN(c1ccc(C(C)CC(=O)O)cc1Nc1nc2ccccc2o1)C1CCCCC1. The third-order valence-electron chi connectivity index (χ3n) is 6.49. The number of benzene rings is 2.